The van der Waals surface area contributed by atoms with Crippen molar-refractivity contribution in [2.24, 2.45) is 0 Å². The molecular weight excluding hydrogens is 164 g/mol. The fraction of sp³-hybridized carbons (Fsp3) is 0.600. The molecule has 2 atom stereocenters. The number of dihydropyridines is 1. The van der Waals surface area contributed by atoms with Crippen LogP contribution in [0.25, 0.3) is 0 Å². The SMILES string of the molecule is O[C@@H]1CCCN(C2C=CC=CN2)C1. The van der Waals surface area contributed by atoms with E-state index in [4.69, 9.17) is 0 Å². The van der Waals surface area contributed by atoms with E-state index in [1.165, 1.54) is 0 Å². The van der Waals surface area contributed by atoms with Crippen molar-refractivity contribution in [3.05, 3.63) is 24.4 Å². The first-order chi connectivity index (χ1) is 6.36. The van der Waals surface area contributed by atoms with E-state index in [2.05, 4.69) is 16.3 Å². The van der Waals surface area contributed by atoms with Crippen LogP contribution in [0.1, 0.15) is 12.8 Å². The number of aliphatic hydroxyl groups is 1. The Kier molecular flexibility index (Phi) is 2.66. The van der Waals surface area contributed by atoms with Crippen LogP contribution in [0, 0.1) is 0 Å². The Morgan fingerprint density at radius 3 is 3.00 bits per heavy atom. The van der Waals surface area contributed by atoms with Gasteiger partial charge in [-0.2, -0.15) is 0 Å². The summed E-state index contributed by atoms with van der Waals surface area (Å²) in [6.07, 6.45) is 10.3. The fourth-order valence-electron chi connectivity index (χ4n) is 1.90. The van der Waals surface area contributed by atoms with Crippen molar-refractivity contribution < 1.29 is 5.11 Å². The maximum absolute atomic E-state index is 9.50. The molecule has 3 heteroatoms. The standard InChI is InChI=1S/C10H16N2O/c13-9-4-3-7-12(8-9)10-5-1-2-6-11-10/h1-2,5-6,9-11,13H,3-4,7-8H2/t9-,10?/m1/s1. The summed E-state index contributed by atoms with van der Waals surface area (Å²) in [6.45, 7) is 1.86. The van der Waals surface area contributed by atoms with Crippen molar-refractivity contribution >= 4 is 0 Å². The number of allylic oxidation sites excluding steroid dienone is 2. The van der Waals surface area contributed by atoms with Gasteiger partial charge in [-0.1, -0.05) is 6.08 Å². The number of hydrogen-bond donors (Lipinski definition) is 2. The maximum Gasteiger partial charge on any atom is 0.0985 e. The Labute approximate surface area is 78.7 Å². The highest BCUT2D eigenvalue weighted by Crippen LogP contribution is 2.13. The number of rotatable bonds is 1. The van der Waals surface area contributed by atoms with E-state index in [0.29, 0.717) is 0 Å². The highest BCUT2D eigenvalue weighted by atomic mass is 16.3. The van der Waals surface area contributed by atoms with Gasteiger partial charge in [0.25, 0.3) is 0 Å². The van der Waals surface area contributed by atoms with Gasteiger partial charge in [-0.3, -0.25) is 4.90 Å². The summed E-state index contributed by atoms with van der Waals surface area (Å²) in [6, 6.07) is 0. The highest BCUT2D eigenvalue weighted by molar-refractivity contribution is 5.11. The predicted molar refractivity (Wildman–Crippen MR) is 52.0 cm³/mol. The monoisotopic (exact) mass is 180 g/mol. The molecule has 1 fully saturated rings. The van der Waals surface area contributed by atoms with Crippen molar-refractivity contribution in [2.75, 3.05) is 13.1 Å². The summed E-state index contributed by atoms with van der Waals surface area (Å²) in [5, 5.41) is 12.8. The molecule has 3 nitrogen and oxygen atoms in total. The average molecular weight is 180 g/mol. The molecule has 0 saturated carbocycles. The second-order valence-corrected chi connectivity index (χ2v) is 3.65. The van der Waals surface area contributed by atoms with Crippen LogP contribution in [0.2, 0.25) is 0 Å². The molecule has 1 saturated heterocycles. The molecule has 0 amide bonds. The van der Waals surface area contributed by atoms with Gasteiger partial charge in [-0.25, -0.2) is 0 Å². The zero-order chi connectivity index (χ0) is 9.10. The minimum absolute atomic E-state index is 0.144. The van der Waals surface area contributed by atoms with Crippen molar-refractivity contribution in [1.82, 2.24) is 10.2 Å². The Hall–Kier alpha value is -0.800. The van der Waals surface area contributed by atoms with Crippen LogP contribution in [-0.2, 0) is 0 Å². The van der Waals surface area contributed by atoms with Crippen molar-refractivity contribution in [3.63, 3.8) is 0 Å². The second kappa shape index (κ2) is 3.94. The molecule has 0 bridgehead atoms. The third-order valence-corrected chi connectivity index (χ3v) is 2.59. The Bertz CT molecular complexity index is 225. The van der Waals surface area contributed by atoms with E-state index < -0.39 is 0 Å². The van der Waals surface area contributed by atoms with Crippen LogP contribution in [0.4, 0.5) is 0 Å². The molecule has 0 aromatic heterocycles. The molecule has 2 rings (SSSR count). The predicted octanol–water partition coefficient (Wildman–Crippen LogP) is 0.442. The van der Waals surface area contributed by atoms with Gasteiger partial charge in [-0.05, 0) is 31.2 Å². The maximum atomic E-state index is 9.50. The van der Waals surface area contributed by atoms with Gasteiger partial charge in [0.2, 0.25) is 0 Å². The average Bonchev–Trinajstić information content (AvgIpc) is 2.19. The summed E-state index contributed by atoms with van der Waals surface area (Å²) >= 11 is 0. The lowest BCUT2D eigenvalue weighted by Crippen LogP contribution is -2.49. The minimum atomic E-state index is -0.144. The van der Waals surface area contributed by atoms with Crippen LogP contribution < -0.4 is 5.32 Å². The third-order valence-electron chi connectivity index (χ3n) is 2.59. The van der Waals surface area contributed by atoms with Crippen molar-refractivity contribution in [2.45, 2.75) is 25.1 Å². The minimum Gasteiger partial charge on any atom is -0.392 e. The van der Waals surface area contributed by atoms with E-state index in [0.717, 1.165) is 25.9 Å². The Balaban J connectivity index is 1.92. The van der Waals surface area contributed by atoms with Crippen molar-refractivity contribution in [1.29, 1.82) is 0 Å². The largest absolute Gasteiger partial charge is 0.392 e. The molecule has 2 N–H and O–H groups in total. The number of piperidine rings is 1. The Morgan fingerprint density at radius 1 is 1.38 bits per heavy atom. The topological polar surface area (TPSA) is 35.5 Å². The number of β-amino-alcohol motifs (C(OH)–C–C–N with tert-alkyl or cyclic N) is 1. The quantitative estimate of drug-likeness (QED) is 0.614. The normalized spacial score (nSPS) is 34.5. The number of nitrogens with one attached hydrogen (secondary N) is 1. The van der Waals surface area contributed by atoms with Crippen LogP contribution in [0.3, 0.4) is 0 Å². The number of nitrogens with zero attached hydrogens (tertiary/aromatic N) is 1. The lowest BCUT2D eigenvalue weighted by atomic mass is 10.1. The lowest BCUT2D eigenvalue weighted by molar-refractivity contribution is 0.0523. The van der Waals surface area contributed by atoms with E-state index in [9.17, 15) is 5.11 Å². The first kappa shape index (κ1) is 8.78. The molecule has 2 aliphatic heterocycles. The van der Waals surface area contributed by atoms with Gasteiger partial charge in [0.05, 0.1) is 12.3 Å². The van der Waals surface area contributed by atoms with Gasteiger partial charge in [-0.15, -0.1) is 0 Å². The summed E-state index contributed by atoms with van der Waals surface area (Å²) in [7, 11) is 0. The van der Waals surface area contributed by atoms with E-state index >= 15 is 0 Å². The molecule has 13 heavy (non-hydrogen) atoms. The van der Waals surface area contributed by atoms with Gasteiger partial charge in [0, 0.05) is 13.1 Å². The molecule has 2 aliphatic rings. The summed E-state index contributed by atoms with van der Waals surface area (Å²) < 4.78 is 0. The first-order valence-corrected chi connectivity index (χ1v) is 4.88. The molecule has 72 valence electrons. The molecule has 0 aliphatic carbocycles. The Morgan fingerprint density at radius 2 is 2.31 bits per heavy atom. The lowest BCUT2D eigenvalue weighted by Gasteiger charge is -2.35. The molecule has 2 heterocycles. The number of hydrogen-bond acceptors (Lipinski definition) is 3. The number of aliphatic hydroxyl groups excluding tert-OH is 1. The summed E-state index contributed by atoms with van der Waals surface area (Å²) in [5.74, 6) is 0. The summed E-state index contributed by atoms with van der Waals surface area (Å²) in [4.78, 5) is 2.27. The van der Waals surface area contributed by atoms with Gasteiger partial charge >= 0.3 is 0 Å². The van der Waals surface area contributed by atoms with Crippen LogP contribution in [-0.4, -0.2) is 35.4 Å². The van der Waals surface area contributed by atoms with Crippen LogP contribution >= 0.6 is 0 Å². The zero-order valence-electron chi connectivity index (χ0n) is 7.69. The second-order valence-electron chi connectivity index (χ2n) is 3.65. The molecular formula is C10H16N2O. The van der Waals surface area contributed by atoms with E-state index in [1.807, 2.05) is 18.4 Å². The van der Waals surface area contributed by atoms with E-state index in [-0.39, 0.29) is 12.3 Å². The van der Waals surface area contributed by atoms with Gasteiger partial charge in [0.1, 0.15) is 0 Å². The third kappa shape index (κ3) is 2.11. The van der Waals surface area contributed by atoms with Gasteiger partial charge < -0.3 is 10.4 Å². The van der Waals surface area contributed by atoms with Crippen LogP contribution in [0.15, 0.2) is 24.4 Å². The van der Waals surface area contributed by atoms with Crippen molar-refractivity contribution in [3.8, 4) is 0 Å². The molecule has 1 unspecified atom stereocenters. The van der Waals surface area contributed by atoms with Gasteiger partial charge in [0.15, 0.2) is 0 Å². The smallest absolute Gasteiger partial charge is 0.0985 e. The van der Waals surface area contributed by atoms with E-state index in [1.54, 1.807) is 0 Å². The number of likely N-dealkylation sites (tertiary alicyclic amines) is 1. The summed E-state index contributed by atoms with van der Waals surface area (Å²) in [5.41, 5.74) is 0. The molecule has 0 aromatic rings. The molecule has 0 spiro atoms. The molecule has 0 radical (unpaired) electrons. The zero-order valence-corrected chi connectivity index (χ0v) is 7.69. The fourth-order valence-corrected chi connectivity index (χ4v) is 1.90. The highest BCUT2D eigenvalue weighted by Gasteiger charge is 2.22. The van der Waals surface area contributed by atoms with Crippen LogP contribution in [0.5, 0.6) is 0 Å². The molecule has 0 aromatic carbocycles. The first-order valence-electron chi connectivity index (χ1n) is 4.88.